The van der Waals surface area contributed by atoms with E-state index in [0.717, 1.165) is 16.9 Å². The summed E-state index contributed by atoms with van der Waals surface area (Å²) in [6, 6.07) is 8.01. The number of hydrogen-bond acceptors (Lipinski definition) is 3. The number of piperidine rings is 1. The van der Waals surface area contributed by atoms with Crippen molar-refractivity contribution < 1.29 is 9.90 Å². The summed E-state index contributed by atoms with van der Waals surface area (Å²) in [5.41, 5.74) is 1.03. The molecule has 1 N–H and O–H groups in total. The Bertz CT molecular complexity index is 761. The summed E-state index contributed by atoms with van der Waals surface area (Å²) >= 11 is 0. The second-order valence-electron chi connectivity index (χ2n) is 7.77. The van der Waals surface area contributed by atoms with Gasteiger partial charge in [-0.05, 0) is 32.4 Å². The van der Waals surface area contributed by atoms with E-state index in [0.29, 0.717) is 32.5 Å². The number of para-hydroxylation sites is 2. The Morgan fingerprint density at radius 3 is 2.71 bits per heavy atom. The number of aromatic nitrogens is 2. The molecule has 0 aliphatic carbocycles. The molecule has 5 nitrogen and oxygen atoms in total. The van der Waals surface area contributed by atoms with Crippen LogP contribution < -0.4 is 0 Å². The van der Waals surface area contributed by atoms with Crippen molar-refractivity contribution in [1.29, 1.82) is 0 Å². The third-order valence-corrected chi connectivity index (χ3v) is 5.66. The van der Waals surface area contributed by atoms with Crippen LogP contribution in [0, 0.1) is 12.3 Å². The molecule has 1 saturated heterocycles. The zero-order valence-electron chi connectivity index (χ0n) is 15.0. The van der Waals surface area contributed by atoms with Crippen molar-refractivity contribution in [2.75, 3.05) is 13.1 Å². The van der Waals surface area contributed by atoms with Gasteiger partial charge in [-0.25, -0.2) is 4.98 Å². The summed E-state index contributed by atoms with van der Waals surface area (Å²) in [6.45, 7) is 9.77. The number of amides is 1. The fraction of sp³-hybridized carbons (Fsp3) is 0.579. The highest BCUT2D eigenvalue weighted by Gasteiger charge is 2.44. The highest BCUT2D eigenvalue weighted by atomic mass is 16.3. The predicted molar refractivity (Wildman–Crippen MR) is 94.7 cm³/mol. The highest BCUT2D eigenvalue weighted by Crippen LogP contribution is 2.38. The van der Waals surface area contributed by atoms with Gasteiger partial charge in [-0.3, -0.25) is 4.79 Å². The van der Waals surface area contributed by atoms with E-state index in [1.165, 1.54) is 0 Å². The molecule has 1 aromatic carbocycles. The van der Waals surface area contributed by atoms with E-state index in [4.69, 9.17) is 0 Å². The Morgan fingerprint density at radius 2 is 2.00 bits per heavy atom. The molecule has 24 heavy (non-hydrogen) atoms. The van der Waals surface area contributed by atoms with E-state index in [1.807, 2.05) is 56.9 Å². The van der Waals surface area contributed by atoms with Crippen molar-refractivity contribution in [2.45, 2.75) is 52.7 Å². The number of benzene rings is 1. The minimum absolute atomic E-state index is 0.149. The molecule has 1 aromatic heterocycles. The van der Waals surface area contributed by atoms with E-state index in [2.05, 4.69) is 9.55 Å². The van der Waals surface area contributed by atoms with Crippen LogP contribution in [0.15, 0.2) is 24.3 Å². The molecular weight excluding hydrogens is 302 g/mol. The summed E-state index contributed by atoms with van der Waals surface area (Å²) < 4.78 is 2.11. The number of carbonyl (C=O) groups is 1. The van der Waals surface area contributed by atoms with Crippen LogP contribution in [0.25, 0.3) is 11.0 Å². The molecular formula is C19H27N3O2. The molecule has 0 radical (unpaired) electrons. The number of nitrogens with zero attached hydrogens (tertiary/aromatic N) is 3. The highest BCUT2D eigenvalue weighted by molar-refractivity contribution is 5.78. The number of aliphatic hydroxyl groups is 1. The summed E-state index contributed by atoms with van der Waals surface area (Å²) in [5.74, 6) is 1.08. The van der Waals surface area contributed by atoms with Gasteiger partial charge in [-0.2, -0.15) is 0 Å². The van der Waals surface area contributed by atoms with Crippen LogP contribution in [-0.2, 0) is 11.3 Å². The van der Waals surface area contributed by atoms with Crippen LogP contribution in [0.1, 0.15) is 39.4 Å². The minimum atomic E-state index is -0.721. The summed E-state index contributed by atoms with van der Waals surface area (Å²) in [7, 11) is 0. The molecule has 0 spiro atoms. The van der Waals surface area contributed by atoms with Crippen molar-refractivity contribution >= 4 is 16.9 Å². The molecule has 2 aromatic rings. The second-order valence-corrected chi connectivity index (χ2v) is 7.77. The normalized spacial score (nSPS) is 23.6. The summed E-state index contributed by atoms with van der Waals surface area (Å²) in [4.78, 5) is 19.1. The number of imidazole rings is 1. The van der Waals surface area contributed by atoms with Gasteiger partial charge in [-0.1, -0.05) is 26.0 Å². The van der Waals surface area contributed by atoms with Crippen LogP contribution in [-0.4, -0.2) is 44.2 Å². The van der Waals surface area contributed by atoms with Crippen molar-refractivity contribution in [3.63, 3.8) is 0 Å². The zero-order chi connectivity index (χ0) is 17.5. The van der Waals surface area contributed by atoms with Crippen molar-refractivity contribution in [2.24, 2.45) is 5.41 Å². The lowest BCUT2D eigenvalue weighted by molar-refractivity contribution is -0.147. The average molecular weight is 329 g/mol. The number of rotatable bonds is 3. The van der Waals surface area contributed by atoms with Gasteiger partial charge in [0.25, 0.3) is 0 Å². The average Bonchev–Trinajstić information content (AvgIpc) is 2.83. The van der Waals surface area contributed by atoms with Gasteiger partial charge < -0.3 is 14.6 Å². The Labute approximate surface area is 143 Å². The Morgan fingerprint density at radius 1 is 1.29 bits per heavy atom. The Balaban J connectivity index is 1.69. The number of hydrogen-bond donors (Lipinski definition) is 1. The first-order valence-corrected chi connectivity index (χ1v) is 8.63. The predicted octanol–water partition coefficient (Wildman–Crippen LogP) is 2.74. The van der Waals surface area contributed by atoms with Gasteiger partial charge in [0.05, 0.1) is 16.6 Å². The smallest absolute Gasteiger partial charge is 0.224 e. The third-order valence-electron chi connectivity index (χ3n) is 5.66. The van der Waals surface area contributed by atoms with E-state index in [9.17, 15) is 9.90 Å². The van der Waals surface area contributed by atoms with Crippen LogP contribution in [0.4, 0.5) is 0 Å². The van der Waals surface area contributed by atoms with Gasteiger partial charge in [0.1, 0.15) is 5.82 Å². The van der Waals surface area contributed by atoms with Gasteiger partial charge in [0.2, 0.25) is 5.91 Å². The molecule has 1 atom stereocenters. The number of fused-ring (bicyclic) bond motifs is 1. The SMILES string of the molecule is Cc1nc2ccccc2n1CCC(=O)N1CC[C@@](C)(O)C(C)(C)C1. The fourth-order valence-corrected chi connectivity index (χ4v) is 3.47. The van der Waals surface area contributed by atoms with Crippen LogP contribution in [0.3, 0.4) is 0 Å². The van der Waals surface area contributed by atoms with Crippen LogP contribution in [0.2, 0.25) is 0 Å². The van der Waals surface area contributed by atoms with E-state index in [1.54, 1.807) is 0 Å². The molecule has 1 aliphatic heterocycles. The maximum Gasteiger partial charge on any atom is 0.224 e. The molecule has 2 heterocycles. The van der Waals surface area contributed by atoms with Gasteiger partial charge in [0.15, 0.2) is 0 Å². The standard InChI is InChI=1S/C19H27N3O2/c1-14-20-15-7-5-6-8-16(15)22(14)11-9-17(23)21-12-10-19(4,24)18(2,3)13-21/h5-8,24H,9-13H2,1-4H3/t19-/m1/s1. The van der Waals surface area contributed by atoms with Gasteiger partial charge in [-0.15, -0.1) is 0 Å². The monoisotopic (exact) mass is 329 g/mol. The molecule has 1 fully saturated rings. The van der Waals surface area contributed by atoms with Gasteiger partial charge in [0, 0.05) is 31.5 Å². The Hall–Kier alpha value is -1.88. The van der Waals surface area contributed by atoms with E-state index in [-0.39, 0.29) is 11.3 Å². The van der Waals surface area contributed by atoms with Crippen molar-refractivity contribution in [1.82, 2.24) is 14.5 Å². The Kier molecular flexibility index (Phi) is 4.16. The maximum absolute atomic E-state index is 12.7. The van der Waals surface area contributed by atoms with Crippen LogP contribution in [0.5, 0.6) is 0 Å². The topological polar surface area (TPSA) is 58.4 Å². The lowest BCUT2D eigenvalue weighted by Crippen LogP contribution is -2.57. The second kappa shape index (κ2) is 5.88. The zero-order valence-corrected chi connectivity index (χ0v) is 15.0. The molecule has 1 aliphatic rings. The number of likely N-dealkylation sites (tertiary alicyclic amines) is 1. The maximum atomic E-state index is 12.7. The first kappa shape index (κ1) is 17.0. The number of carbonyl (C=O) groups excluding carboxylic acids is 1. The molecule has 0 saturated carbocycles. The van der Waals surface area contributed by atoms with Crippen molar-refractivity contribution in [3.8, 4) is 0 Å². The molecule has 130 valence electrons. The minimum Gasteiger partial charge on any atom is -0.389 e. The van der Waals surface area contributed by atoms with E-state index >= 15 is 0 Å². The molecule has 5 heteroatoms. The van der Waals surface area contributed by atoms with Crippen molar-refractivity contribution in [3.05, 3.63) is 30.1 Å². The largest absolute Gasteiger partial charge is 0.389 e. The lowest BCUT2D eigenvalue weighted by Gasteiger charge is -2.48. The summed E-state index contributed by atoms with van der Waals surface area (Å²) in [5, 5.41) is 10.5. The molecule has 0 bridgehead atoms. The molecule has 0 unspecified atom stereocenters. The fourth-order valence-electron chi connectivity index (χ4n) is 3.47. The van der Waals surface area contributed by atoms with E-state index < -0.39 is 5.60 Å². The lowest BCUT2D eigenvalue weighted by atomic mass is 9.71. The first-order chi connectivity index (χ1) is 11.2. The van der Waals surface area contributed by atoms with Crippen LogP contribution >= 0.6 is 0 Å². The van der Waals surface area contributed by atoms with Gasteiger partial charge >= 0.3 is 0 Å². The number of aryl methyl sites for hydroxylation is 2. The quantitative estimate of drug-likeness (QED) is 0.942. The third kappa shape index (κ3) is 2.93. The molecule has 3 rings (SSSR count). The molecule has 1 amide bonds. The summed E-state index contributed by atoms with van der Waals surface area (Å²) in [6.07, 6.45) is 1.08. The first-order valence-electron chi connectivity index (χ1n) is 8.63.